The van der Waals surface area contributed by atoms with E-state index >= 15 is 0 Å². The van der Waals surface area contributed by atoms with Crippen LogP contribution in [0, 0.1) is 11.8 Å². The Kier molecular flexibility index (Phi) is 5.30. The van der Waals surface area contributed by atoms with Crippen LogP contribution < -0.4 is 5.32 Å². The van der Waals surface area contributed by atoms with E-state index in [0.29, 0.717) is 0 Å². The molecule has 2 aliphatic heterocycles. The third-order valence-corrected chi connectivity index (χ3v) is 4.64. The molecule has 2 unspecified atom stereocenters. The molecule has 0 radical (unpaired) electrons. The lowest BCUT2D eigenvalue weighted by molar-refractivity contribution is 0.196. The predicted molar refractivity (Wildman–Crippen MR) is 74.3 cm³/mol. The fourth-order valence-electron chi connectivity index (χ4n) is 3.64. The fraction of sp³-hybridized carbons (Fsp3) is 1.00. The molecule has 2 saturated heterocycles. The van der Waals surface area contributed by atoms with E-state index in [1.54, 1.807) is 0 Å². The average Bonchev–Trinajstić information content (AvgIpc) is 2.79. The van der Waals surface area contributed by atoms with Crippen molar-refractivity contribution in [1.29, 1.82) is 0 Å². The summed E-state index contributed by atoms with van der Waals surface area (Å²) in [5.41, 5.74) is 0. The molecule has 0 saturated carbocycles. The molecule has 2 aliphatic rings. The molecule has 2 heterocycles. The average molecular weight is 238 g/mol. The van der Waals surface area contributed by atoms with E-state index in [4.69, 9.17) is 0 Å². The number of hydrogen-bond acceptors (Lipinski definition) is 2. The highest BCUT2D eigenvalue weighted by Gasteiger charge is 2.26. The van der Waals surface area contributed by atoms with Crippen molar-refractivity contribution in [2.24, 2.45) is 11.8 Å². The third kappa shape index (κ3) is 3.96. The highest BCUT2D eigenvalue weighted by atomic mass is 15.2. The summed E-state index contributed by atoms with van der Waals surface area (Å²) in [6.07, 6.45) is 8.56. The van der Waals surface area contributed by atoms with Gasteiger partial charge < -0.3 is 10.2 Å². The van der Waals surface area contributed by atoms with Crippen molar-refractivity contribution in [3.63, 3.8) is 0 Å². The lowest BCUT2D eigenvalue weighted by Gasteiger charge is -2.29. The van der Waals surface area contributed by atoms with Gasteiger partial charge in [-0.05, 0) is 76.5 Å². The molecule has 2 atom stereocenters. The minimum absolute atomic E-state index is 0.842. The first-order valence-electron chi connectivity index (χ1n) is 7.72. The van der Waals surface area contributed by atoms with Crippen LogP contribution in [0.3, 0.4) is 0 Å². The lowest BCUT2D eigenvalue weighted by Crippen LogP contribution is -2.35. The summed E-state index contributed by atoms with van der Waals surface area (Å²) < 4.78 is 0. The van der Waals surface area contributed by atoms with Crippen molar-refractivity contribution in [3.8, 4) is 0 Å². The van der Waals surface area contributed by atoms with Crippen molar-refractivity contribution in [1.82, 2.24) is 10.2 Å². The summed E-state index contributed by atoms with van der Waals surface area (Å²) in [6.45, 7) is 9.98. The van der Waals surface area contributed by atoms with Crippen molar-refractivity contribution in [2.75, 3.05) is 26.2 Å². The van der Waals surface area contributed by atoms with Crippen LogP contribution in [0.2, 0.25) is 0 Å². The number of nitrogens with one attached hydrogen (secondary N) is 1. The van der Waals surface area contributed by atoms with E-state index in [1.165, 1.54) is 64.7 Å². The van der Waals surface area contributed by atoms with Crippen molar-refractivity contribution >= 4 is 0 Å². The SMILES string of the molecule is CC(C)C1CCCN1CCCC1CCCNC1. The maximum Gasteiger partial charge on any atom is 0.0119 e. The van der Waals surface area contributed by atoms with Crippen molar-refractivity contribution < 1.29 is 0 Å². The summed E-state index contributed by atoms with van der Waals surface area (Å²) in [6, 6.07) is 0.875. The predicted octanol–water partition coefficient (Wildman–Crippen LogP) is 2.89. The molecule has 0 bridgehead atoms. The molecule has 0 aromatic rings. The van der Waals surface area contributed by atoms with Crippen LogP contribution in [0.4, 0.5) is 0 Å². The van der Waals surface area contributed by atoms with Crippen LogP contribution in [-0.2, 0) is 0 Å². The van der Waals surface area contributed by atoms with Gasteiger partial charge in [0.25, 0.3) is 0 Å². The zero-order valence-electron chi connectivity index (χ0n) is 11.8. The Morgan fingerprint density at radius 2 is 2.12 bits per heavy atom. The zero-order valence-corrected chi connectivity index (χ0v) is 11.8. The van der Waals surface area contributed by atoms with E-state index in [1.807, 2.05) is 0 Å². The van der Waals surface area contributed by atoms with Gasteiger partial charge in [-0.15, -0.1) is 0 Å². The Labute approximate surface area is 107 Å². The van der Waals surface area contributed by atoms with Gasteiger partial charge in [-0.2, -0.15) is 0 Å². The quantitative estimate of drug-likeness (QED) is 0.792. The van der Waals surface area contributed by atoms with E-state index in [9.17, 15) is 0 Å². The minimum Gasteiger partial charge on any atom is -0.316 e. The molecule has 0 aliphatic carbocycles. The first-order chi connectivity index (χ1) is 8.27. The minimum atomic E-state index is 0.842. The number of likely N-dealkylation sites (tertiary alicyclic amines) is 1. The summed E-state index contributed by atoms with van der Waals surface area (Å²) in [4.78, 5) is 2.75. The second-order valence-electron chi connectivity index (χ2n) is 6.34. The molecule has 0 amide bonds. The molecule has 2 rings (SSSR count). The second kappa shape index (κ2) is 6.75. The smallest absolute Gasteiger partial charge is 0.0119 e. The Bertz CT molecular complexity index is 209. The van der Waals surface area contributed by atoms with Gasteiger partial charge in [0.2, 0.25) is 0 Å². The highest BCUT2D eigenvalue weighted by molar-refractivity contribution is 4.81. The van der Waals surface area contributed by atoms with Crippen LogP contribution in [0.15, 0.2) is 0 Å². The van der Waals surface area contributed by atoms with Gasteiger partial charge in [0, 0.05) is 6.04 Å². The number of rotatable bonds is 5. The third-order valence-electron chi connectivity index (χ3n) is 4.64. The molecule has 0 aromatic carbocycles. The number of piperidine rings is 1. The fourth-order valence-corrected chi connectivity index (χ4v) is 3.64. The Morgan fingerprint density at radius 3 is 2.82 bits per heavy atom. The maximum atomic E-state index is 3.53. The Hall–Kier alpha value is -0.0800. The van der Waals surface area contributed by atoms with Gasteiger partial charge in [-0.1, -0.05) is 13.8 Å². The molecule has 2 nitrogen and oxygen atoms in total. The number of nitrogens with zero attached hydrogens (tertiary/aromatic N) is 1. The largest absolute Gasteiger partial charge is 0.316 e. The van der Waals surface area contributed by atoms with Crippen LogP contribution in [0.5, 0.6) is 0 Å². The summed E-state index contributed by atoms with van der Waals surface area (Å²) >= 11 is 0. The summed E-state index contributed by atoms with van der Waals surface area (Å²) in [5, 5.41) is 3.53. The topological polar surface area (TPSA) is 15.3 Å². The number of hydrogen-bond donors (Lipinski definition) is 1. The van der Waals surface area contributed by atoms with E-state index in [2.05, 4.69) is 24.1 Å². The monoisotopic (exact) mass is 238 g/mol. The van der Waals surface area contributed by atoms with Crippen LogP contribution in [0.25, 0.3) is 0 Å². The van der Waals surface area contributed by atoms with Gasteiger partial charge in [0.1, 0.15) is 0 Å². The Balaban J connectivity index is 1.63. The molecule has 0 spiro atoms. The molecule has 1 N–H and O–H groups in total. The van der Waals surface area contributed by atoms with E-state index in [-0.39, 0.29) is 0 Å². The molecular weight excluding hydrogens is 208 g/mol. The van der Waals surface area contributed by atoms with Gasteiger partial charge in [0.05, 0.1) is 0 Å². The van der Waals surface area contributed by atoms with E-state index in [0.717, 1.165) is 17.9 Å². The van der Waals surface area contributed by atoms with Gasteiger partial charge in [-0.25, -0.2) is 0 Å². The second-order valence-corrected chi connectivity index (χ2v) is 6.34. The summed E-state index contributed by atoms with van der Waals surface area (Å²) in [5.74, 6) is 1.80. The van der Waals surface area contributed by atoms with Crippen LogP contribution in [0.1, 0.15) is 52.4 Å². The normalized spacial score (nSPS) is 31.2. The first-order valence-corrected chi connectivity index (χ1v) is 7.72. The highest BCUT2D eigenvalue weighted by Crippen LogP contribution is 2.24. The summed E-state index contributed by atoms with van der Waals surface area (Å²) in [7, 11) is 0. The zero-order chi connectivity index (χ0) is 12.1. The van der Waals surface area contributed by atoms with Gasteiger partial charge in [0.15, 0.2) is 0 Å². The van der Waals surface area contributed by atoms with Crippen molar-refractivity contribution in [3.05, 3.63) is 0 Å². The molecular formula is C15H30N2. The van der Waals surface area contributed by atoms with Gasteiger partial charge >= 0.3 is 0 Å². The standard InChI is InChI=1S/C15H30N2/c1-13(2)15-8-5-11-17(15)10-4-7-14-6-3-9-16-12-14/h13-16H,3-12H2,1-2H3. The molecule has 100 valence electrons. The lowest BCUT2D eigenvalue weighted by atomic mass is 9.94. The molecule has 2 fully saturated rings. The molecule has 17 heavy (non-hydrogen) atoms. The van der Waals surface area contributed by atoms with Gasteiger partial charge in [-0.3, -0.25) is 0 Å². The first kappa shape index (κ1) is 13.4. The van der Waals surface area contributed by atoms with Crippen LogP contribution >= 0.6 is 0 Å². The van der Waals surface area contributed by atoms with Crippen molar-refractivity contribution in [2.45, 2.75) is 58.4 Å². The molecule has 2 heteroatoms. The Morgan fingerprint density at radius 1 is 1.24 bits per heavy atom. The van der Waals surface area contributed by atoms with Crippen LogP contribution in [-0.4, -0.2) is 37.1 Å². The molecule has 0 aromatic heterocycles. The van der Waals surface area contributed by atoms with E-state index < -0.39 is 0 Å². The maximum absolute atomic E-state index is 3.53.